The molecule has 1 rings (SSSR count). The molecule has 18 heavy (non-hydrogen) atoms. The number of rotatable bonds is 6. The molecule has 0 aliphatic heterocycles. The number of para-hydroxylation sites is 1. The molecule has 0 bridgehead atoms. The number of nitrogens with two attached hydrogens (primary N) is 1. The molecule has 0 saturated carbocycles. The van der Waals surface area contributed by atoms with Crippen LogP contribution >= 0.6 is 0 Å². The third-order valence-corrected chi connectivity index (χ3v) is 4.32. The summed E-state index contributed by atoms with van der Waals surface area (Å²) >= 11 is 0. The number of hydrogen-bond donors (Lipinski definition) is 3. The number of hydrogen-bond acceptors (Lipinski definition) is 4. The Hall–Kier alpha value is -1.11. The van der Waals surface area contributed by atoms with Gasteiger partial charge in [0.05, 0.1) is 5.69 Å². The first-order valence-corrected chi connectivity index (χ1v) is 7.40. The van der Waals surface area contributed by atoms with E-state index in [4.69, 9.17) is 5.73 Å². The molecule has 0 aliphatic carbocycles. The Morgan fingerprint density at radius 3 is 2.39 bits per heavy atom. The molecule has 0 fully saturated rings. The van der Waals surface area contributed by atoms with Gasteiger partial charge in [-0.2, -0.15) is 0 Å². The van der Waals surface area contributed by atoms with E-state index in [1.807, 2.05) is 13.8 Å². The largest absolute Gasteiger partial charge is 0.380 e. The van der Waals surface area contributed by atoms with Crippen LogP contribution in [0, 0.1) is 5.92 Å². The molecule has 0 saturated heterocycles. The van der Waals surface area contributed by atoms with E-state index in [0.29, 0.717) is 18.2 Å². The van der Waals surface area contributed by atoms with Crippen LogP contribution in [0.1, 0.15) is 13.8 Å². The van der Waals surface area contributed by atoms with E-state index < -0.39 is 10.0 Å². The van der Waals surface area contributed by atoms with Crippen LogP contribution in [0.2, 0.25) is 0 Å². The van der Waals surface area contributed by atoms with Crippen LogP contribution in [0.4, 0.5) is 5.69 Å². The highest BCUT2D eigenvalue weighted by atomic mass is 32.2. The second-order valence-electron chi connectivity index (χ2n) is 4.43. The van der Waals surface area contributed by atoms with Gasteiger partial charge in [-0.05, 0) is 25.1 Å². The van der Waals surface area contributed by atoms with E-state index in [2.05, 4.69) is 10.0 Å². The van der Waals surface area contributed by atoms with E-state index >= 15 is 0 Å². The van der Waals surface area contributed by atoms with E-state index in [1.54, 1.807) is 24.3 Å². The van der Waals surface area contributed by atoms with E-state index in [1.165, 1.54) is 7.05 Å². The van der Waals surface area contributed by atoms with Crippen LogP contribution in [-0.4, -0.2) is 28.1 Å². The molecular formula is C12H21N3O2S. The lowest BCUT2D eigenvalue weighted by Gasteiger charge is -2.23. The van der Waals surface area contributed by atoms with Gasteiger partial charge in [0, 0.05) is 12.6 Å². The fourth-order valence-electron chi connectivity index (χ4n) is 1.63. The first-order valence-electron chi connectivity index (χ1n) is 5.91. The third kappa shape index (κ3) is 3.44. The molecule has 102 valence electrons. The molecule has 1 atom stereocenters. The van der Waals surface area contributed by atoms with Gasteiger partial charge in [-0.3, -0.25) is 0 Å². The van der Waals surface area contributed by atoms with Crippen molar-refractivity contribution in [3.05, 3.63) is 24.3 Å². The first kappa shape index (κ1) is 14.9. The standard InChI is InChI=1S/C12H21N3O2S/c1-9(2)11(8-13)15-10-6-4-5-7-12(10)18(16,17)14-3/h4-7,9,11,14-15H,8,13H2,1-3H3. The maximum absolute atomic E-state index is 11.9. The lowest BCUT2D eigenvalue weighted by Crippen LogP contribution is -2.34. The Labute approximate surface area is 109 Å². The maximum Gasteiger partial charge on any atom is 0.242 e. The van der Waals surface area contributed by atoms with E-state index in [9.17, 15) is 8.42 Å². The minimum absolute atomic E-state index is 0.0400. The highest BCUT2D eigenvalue weighted by molar-refractivity contribution is 7.89. The Kier molecular flexibility index (Phi) is 5.13. The van der Waals surface area contributed by atoms with Gasteiger partial charge in [0.25, 0.3) is 0 Å². The topological polar surface area (TPSA) is 84.2 Å². The van der Waals surface area contributed by atoms with Gasteiger partial charge in [0.15, 0.2) is 0 Å². The quantitative estimate of drug-likeness (QED) is 0.720. The number of nitrogens with one attached hydrogen (secondary N) is 2. The maximum atomic E-state index is 11.9. The Morgan fingerprint density at radius 2 is 1.89 bits per heavy atom. The molecule has 0 spiro atoms. The normalized spacial score (nSPS) is 13.6. The second-order valence-corrected chi connectivity index (χ2v) is 6.29. The van der Waals surface area contributed by atoms with Crippen molar-refractivity contribution in [2.75, 3.05) is 18.9 Å². The first-order chi connectivity index (χ1) is 8.42. The van der Waals surface area contributed by atoms with Gasteiger partial charge in [-0.15, -0.1) is 0 Å². The van der Waals surface area contributed by atoms with Gasteiger partial charge in [0.1, 0.15) is 4.90 Å². The van der Waals surface area contributed by atoms with Gasteiger partial charge in [0.2, 0.25) is 10.0 Å². The van der Waals surface area contributed by atoms with Crippen LogP contribution in [0.25, 0.3) is 0 Å². The summed E-state index contributed by atoms with van der Waals surface area (Å²) in [6, 6.07) is 6.85. The number of benzene rings is 1. The molecule has 0 aliphatic rings. The fourth-order valence-corrected chi connectivity index (χ4v) is 2.52. The van der Waals surface area contributed by atoms with Gasteiger partial charge in [-0.25, -0.2) is 13.1 Å². The number of sulfonamides is 1. The van der Waals surface area contributed by atoms with Crippen LogP contribution in [0.15, 0.2) is 29.2 Å². The van der Waals surface area contributed by atoms with Gasteiger partial charge >= 0.3 is 0 Å². The van der Waals surface area contributed by atoms with Gasteiger partial charge < -0.3 is 11.1 Å². The van der Waals surface area contributed by atoms with Crippen molar-refractivity contribution in [1.82, 2.24) is 4.72 Å². The highest BCUT2D eigenvalue weighted by Crippen LogP contribution is 2.22. The molecule has 0 radical (unpaired) electrons. The summed E-state index contributed by atoms with van der Waals surface area (Å²) in [5, 5.41) is 3.19. The lowest BCUT2D eigenvalue weighted by molar-refractivity contribution is 0.530. The summed E-state index contributed by atoms with van der Waals surface area (Å²) in [6.45, 7) is 4.53. The predicted octanol–water partition coefficient (Wildman–Crippen LogP) is 0.990. The lowest BCUT2D eigenvalue weighted by atomic mass is 10.0. The van der Waals surface area contributed by atoms with Crippen LogP contribution in [-0.2, 0) is 10.0 Å². The molecule has 4 N–H and O–H groups in total. The van der Waals surface area contributed by atoms with Crippen molar-refractivity contribution in [1.29, 1.82) is 0 Å². The smallest absolute Gasteiger partial charge is 0.242 e. The zero-order chi connectivity index (χ0) is 13.8. The minimum Gasteiger partial charge on any atom is -0.380 e. The summed E-state index contributed by atoms with van der Waals surface area (Å²) in [7, 11) is -2.06. The van der Waals surface area contributed by atoms with Gasteiger partial charge in [-0.1, -0.05) is 26.0 Å². The zero-order valence-electron chi connectivity index (χ0n) is 11.0. The molecule has 0 aromatic heterocycles. The summed E-state index contributed by atoms with van der Waals surface area (Å²) in [5.74, 6) is 0.320. The SMILES string of the molecule is CNS(=O)(=O)c1ccccc1NC(CN)C(C)C. The average Bonchev–Trinajstić information content (AvgIpc) is 2.35. The zero-order valence-corrected chi connectivity index (χ0v) is 11.8. The minimum atomic E-state index is -3.46. The monoisotopic (exact) mass is 271 g/mol. The number of anilines is 1. The van der Waals surface area contributed by atoms with Crippen molar-refractivity contribution in [2.45, 2.75) is 24.8 Å². The summed E-state index contributed by atoms with van der Waals surface area (Å²) < 4.78 is 26.1. The van der Waals surface area contributed by atoms with Crippen molar-refractivity contribution < 1.29 is 8.42 Å². The van der Waals surface area contributed by atoms with Crippen molar-refractivity contribution in [3.8, 4) is 0 Å². The summed E-state index contributed by atoms with van der Waals surface area (Å²) in [5.41, 5.74) is 6.27. The third-order valence-electron chi connectivity index (χ3n) is 2.84. The summed E-state index contributed by atoms with van der Waals surface area (Å²) in [6.07, 6.45) is 0. The molecular weight excluding hydrogens is 250 g/mol. The Morgan fingerprint density at radius 1 is 1.28 bits per heavy atom. The fraction of sp³-hybridized carbons (Fsp3) is 0.500. The molecule has 1 aromatic rings. The Bertz CT molecular complexity index is 486. The molecule has 0 heterocycles. The summed E-state index contributed by atoms with van der Waals surface area (Å²) in [4.78, 5) is 0.242. The van der Waals surface area contributed by atoms with Crippen molar-refractivity contribution in [3.63, 3.8) is 0 Å². The van der Waals surface area contributed by atoms with Crippen LogP contribution in [0.3, 0.4) is 0 Å². The Balaban J connectivity index is 3.11. The van der Waals surface area contributed by atoms with E-state index in [-0.39, 0.29) is 10.9 Å². The van der Waals surface area contributed by atoms with E-state index in [0.717, 1.165) is 0 Å². The van der Waals surface area contributed by atoms with Crippen molar-refractivity contribution in [2.24, 2.45) is 11.7 Å². The van der Waals surface area contributed by atoms with Crippen molar-refractivity contribution >= 4 is 15.7 Å². The van der Waals surface area contributed by atoms with Crippen LogP contribution < -0.4 is 15.8 Å². The molecule has 1 aromatic carbocycles. The van der Waals surface area contributed by atoms with Crippen LogP contribution in [0.5, 0.6) is 0 Å². The highest BCUT2D eigenvalue weighted by Gasteiger charge is 2.19. The second kappa shape index (κ2) is 6.17. The molecule has 1 unspecified atom stereocenters. The molecule has 5 nitrogen and oxygen atoms in total. The molecule has 6 heteroatoms. The average molecular weight is 271 g/mol. The predicted molar refractivity (Wildman–Crippen MR) is 74.0 cm³/mol. The molecule has 0 amide bonds.